The van der Waals surface area contributed by atoms with Gasteiger partial charge in [0.15, 0.2) is 0 Å². The Hall–Kier alpha value is -7.42. The molecule has 264 valence electrons. The number of fused-ring (bicyclic) bond motifs is 3. The van der Waals surface area contributed by atoms with Crippen molar-refractivity contribution in [2.24, 2.45) is 0 Å². The number of benzene rings is 9. The minimum atomic E-state index is 1.09. The summed E-state index contributed by atoms with van der Waals surface area (Å²) in [6, 6.07) is 83.0. The quantitative estimate of drug-likeness (QED) is 0.152. The first-order chi connectivity index (χ1) is 27.8. The number of hydrogen-bond acceptors (Lipinski definition) is 1. The fraction of sp³-hybridized carbons (Fsp3) is 0. The lowest BCUT2D eigenvalue weighted by atomic mass is 9.97. The average molecular weight is 715 g/mol. The molecule has 9 aromatic carbocycles. The molecular weight excluding hydrogens is 677 g/mol. The summed E-state index contributed by atoms with van der Waals surface area (Å²) >= 11 is 0. The second kappa shape index (κ2) is 14.4. The maximum atomic E-state index is 2.37. The van der Waals surface area contributed by atoms with Gasteiger partial charge in [0.25, 0.3) is 0 Å². The molecule has 0 amide bonds. The smallest absolute Gasteiger partial charge is 0.0541 e. The van der Waals surface area contributed by atoms with E-state index in [1.807, 2.05) is 0 Å². The molecule has 0 aliphatic carbocycles. The normalized spacial score (nSPS) is 11.2. The number of hydrogen-bond donors (Lipinski definition) is 0. The molecule has 2 nitrogen and oxygen atoms in total. The number of para-hydroxylation sites is 2. The molecule has 10 rings (SSSR count). The third-order valence-corrected chi connectivity index (χ3v) is 10.8. The second-order valence-electron chi connectivity index (χ2n) is 14.2. The van der Waals surface area contributed by atoms with E-state index in [2.05, 4.69) is 240 Å². The molecule has 0 unspecified atom stereocenters. The summed E-state index contributed by atoms with van der Waals surface area (Å²) in [5, 5.41) is 2.53. The van der Waals surface area contributed by atoms with E-state index < -0.39 is 0 Å². The molecule has 2 heteroatoms. The summed E-state index contributed by atoms with van der Waals surface area (Å²) in [5.74, 6) is 0. The zero-order valence-electron chi connectivity index (χ0n) is 30.8. The maximum absolute atomic E-state index is 2.37. The van der Waals surface area contributed by atoms with E-state index in [4.69, 9.17) is 0 Å². The summed E-state index contributed by atoms with van der Waals surface area (Å²) in [6.07, 6.45) is 0. The summed E-state index contributed by atoms with van der Waals surface area (Å²) in [7, 11) is 0. The lowest BCUT2D eigenvalue weighted by Crippen LogP contribution is -2.10. The van der Waals surface area contributed by atoms with Crippen LogP contribution in [0.2, 0.25) is 0 Å². The third kappa shape index (κ3) is 6.24. The molecule has 0 saturated carbocycles. The number of rotatable bonds is 8. The number of nitrogens with zero attached hydrogens (tertiary/aromatic N) is 2. The van der Waals surface area contributed by atoms with E-state index in [1.54, 1.807) is 0 Å². The van der Waals surface area contributed by atoms with E-state index in [9.17, 15) is 0 Å². The molecular formula is C54H38N2. The van der Waals surface area contributed by atoms with Crippen LogP contribution in [0, 0.1) is 0 Å². The predicted octanol–water partition coefficient (Wildman–Crippen LogP) is 14.9. The molecule has 0 bridgehead atoms. The van der Waals surface area contributed by atoms with Gasteiger partial charge >= 0.3 is 0 Å². The van der Waals surface area contributed by atoms with Crippen molar-refractivity contribution in [3.63, 3.8) is 0 Å². The van der Waals surface area contributed by atoms with Crippen LogP contribution in [0.4, 0.5) is 17.1 Å². The Morgan fingerprint density at radius 1 is 0.250 bits per heavy atom. The summed E-state index contributed by atoms with van der Waals surface area (Å²) in [5.41, 5.74) is 16.5. The van der Waals surface area contributed by atoms with Gasteiger partial charge in [-0.3, -0.25) is 0 Å². The number of aromatic nitrogens is 1. The van der Waals surface area contributed by atoms with Gasteiger partial charge in [-0.25, -0.2) is 0 Å². The van der Waals surface area contributed by atoms with Gasteiger partial charge < -0.3 is 9.47 Å². The minimum Gasteiger partial charge on any atom is -0.311 e. The van der Waals surface area contributed by atoms with Crippen LogP contribution in [0.25, 0.3) is 72.0 Å². The van der Waals surface area contributed by atoms with E-state index >= 15 is 0 Å². The van der Waals surface area contributed by atoms with Crippen LogP contribution in [0.3, 0.4) is 0 Å². The Balaban J connectivity index is 0.998. The first-order valence-corrected chi connectivity index (χ1v) is 19.2. The van der Waals surface area contributed by atoms with Gasteiger partial charge in [0.1, 0.15) is 0 Å². The van der Waals surface area contributed by atoms with Gasteiger partial charge in [-0.1, -0.05) is 164 Å². The Bertz CT molecular complexity index is 2850. The van der Waals surface area contributed by atoms with Crippen LogP contribution in [-0.4, -0.2) is 4.57 Å². The molecule has 1 heterocycles. The highest BCUT2D eigenvalue weighted by Crippen LogP contribution is 2.39. The van der Waals surface area contributed by atoms with Crippen LogP contribution in [0.1, 0.15) is 0 Å². The van der Waals surface area contributed by atoms with Crippen LogP contribution in [0.15, 0.2) is 231 Å². The van der Waals surface area contributed by atoms with Crippen molar-refractivity contribution in [3.8, 4) is 50.2 Å². The molecule has 10 aromatic rings. The van der Waals surface area contributed by atoms with Crippen molar-refractivity contribution < 1.29 is 0 Å². The van der Waals surface area contributed by atoms with E-state index in [0.29, 0.717) is 0 Å². The van der Waals surface area contributed by atoms with E-state index in [1.165, 1.54) is 66.3 Å². The Morgan fingerprint density at radius 2 is 0.571 bits per heavy atom. The zero-order chi connectivity index (χ0) is 37.3. The highest BCUT2D eigenvalue weighted by molar-refractivity contribution is 6.09. The highest BCUT2D eigenvalue weighted by atomic mass is 15.1. The van der Waals surface area contributed by atoms with Crippen LogP contribution in [-0.2, 0) is 0 Å². The Morgan fingerprint density at radius 3 is 1.02 bits per heavy atom. The van der Waals surface area contributed by atoms with Crippen molar-refractivity contribution in [3.05, 3.63) is 231 Å². The first kappa shape index (κ1) is 33.2. The fourth-order valence-corrected chi connectivity index (χ4v) is 8.00. The van der Waals surface area contributed by atoms with E-state index in [-0.39, 0.29) is 0 Å². The average Bonchev–Trinajstić information content (AvgIpc) is 3.62. The van der Waals surface area contributed by atoms with Crippen LogP contribution in [0.5, 0.6) is 0 Å². The van der Waals surface area contributed by atoms with Gasteiger partial charge in [0.05, 0.1) is 11.0 Å². The third-order valence-electron chi connectivity index (χ3n) is 10.8. The van der Waals surface area contributed by atoms with Crippen molar-refractivity contribution in [1.29, 1.82) is 0 Å². The minimum absolute atomic E-state index is 1.09. The largest absolute Gasteiger partial charge is 0.311 e. The van der Waals surface area contributed by atoms with Gasteiger partial charge in [-0.15, -0.1) is 0 Å². The van der Waals surface area contributed by atoms with Gasteiger partial charge in [-0.05, 0) is 111 Å². The SMILES string of the molecule is c1ccc(-c2ccc(-c3cccc(-c4ccc(N(c5ccc(-c6ccccc6)cc5)c5ccc(-n6c7ccccc7c7ccccc76)cc5)cc4)c3)cc2)cc1. The summed E-state index contributed by atoms with van der Waals surface area (Å²) in [4.78, 5) is 2.35. The van der Waals surface area contributed by atoms with Gasteiger partial charge in [-0.2, -0.15) is 0 Å². The number of anilines is 3. The molecule has 0 saturated heterocycles. The van der Waals surface area contributed by atoms with Crippen molar-refractivity contribution in [1.82, 2.24) is 4.57 Å². The van der Waals surface area contributed by atoms with Crippen molar-refractivity contribution >= 4 is 38.9 Å². The Kier molecular flexibility index (Phi) is 8.55. The molecule has 0 spiro atoms. The standard InChI is InChI=1S/C54H38N2/c1-3-12-39(13-4-1)41-22-24-43(25-23-41)45-16-11-17-46(38-45)44-28-32-48(33-29-44)55(47-30-26-42(27-31-47)40-14-5-2-6-15-40)49-34-36-50(37-35-49)56-53-20-9-7-18-51(53)52-19-8-10-21-54(52)56/h1-38H. The first-order valence-electron chi connectivity index (χ1n) is 19.2. The van der Waals surface area contributed by atoms with Crippen LogP contribution < -0.4 is 4.90 Å². The second-order valence-corrected chi connectivity index (χ2v) is 14.2. The van der Waals surface area contributed by atoms with Crippen molar-refractivity contribution in [2.75, 3.05) is 4.90 Å². The lowest BCUT2D eigenvalue weighted by molar-refractivity contribution is 1.17. The fourth-order valence-electron chi connectivity index (χ4n) is 8.00. The molecule has 0 atom stereocenters. The topological polar surface area (TPSA) is 8.17 Å². The molecule has 0 aliphatic rings. The van der Waals surface area contributed by atoms with Gasteiger partial charge in [0, 0.05) is 33.5 Å². The lowest BCUT2D eigenvalue weighted by Gasteiger charge is -2.26. The molecule has 1 aromatic heterocycles. The summed E-state index contributed by atoms with van der Waals surface area (Å²) in [6.45, 7) is 0. The van der Waals surface area contributed by atoms with E-state index in [0.717, 1.165) is 22.7 Å². The molecule has 0 radical (unpaired) electrons. The van der Waals surface area contributed by atoms with Crippen molar-refractivity contribution in [2.45, 2.75) is 0 Å². The zero-order valence-corrected chi connectivity index (χ0v) is 30.8. The monoisotopic (exact) mass is 714 g/mol. The summed E-state index contributed by atoms with van der Waals surface area (Å²) < 4.78 is 2.37. The predicted molar refractivity (Wildman–Crippen MR) is 237 cm³/mol. The molecule has 0 aliphatic heterocycles. The highest BCUT2D eigenvalue weighted by Gasteiger charge is 2.16. The molecule has 56 heavy (non-hydrogen) atoms. The molecule has 0 N–H and O–H groups in total. The Labute approximate surface area is 327 Å². The maximum Gasteiger partial charge on any atom is 0.0541 e. The molecule has 0 fully saturated rings. The van der Waals surface area contributed by atoms with Crippen LogP contribution >= 0.6 is 0 Å². The van der Waals surface area contributed by atoms with Gasteiger partial charge in [0.2, 0.25) is 0 Å².